The highest BCUT2D eigenvalue weighted by molar-refractivity contribution is 5.92. The maximum atomic E-state index is 12.6. The summed E-state index contributed by atoms with van der Waals surface area (Å²) in [6.45, 7) is 6.32. The molecule has 0 aromatic heterocycles. The smallest absolute Gasteiger partial charge is 0.244 e. The molecule has 0 radical (unpaired) electrons. The Kier molecular flexibility index (Phi) is 7.10. The van der Waals surface area contributed by atoms with E-state index in [1.807, 2.05) is 30.3 Å². The van der Waals surface area contributed by atoms with Crippen LogP contribution in [0.3, 0.4) is 0 Å². The van der Waals surface area contributed by atoms with Gasteiger partial charge in [0, 0.05) is 6.08 Å². The van der Waals surface area contributed by atoms with Crippen LogP contribution < -0.4 is 19.5 Å². The lowest BCUT2D eigenvalue weighted by atomic mass is 9.82. The van der Waals surface area contributed by atoms with Gasteiger partial charge < -0.3 is 19.5 Å². The monoisotopic (exact) mass is 383 g/mol. The van der Waals surface area contributed by atoms with Crippen LogP contribution in [0.15, 0.2) is 48.5 Å². The van der Waals surface area contributed by atoms with Crippen molar-refractivity contribution in [2.24, 2.45) is 5.41 Å². The lowest BCUT2D eigenvalue weighted by molar-refractivity contribution is -0.117. The van der Waals surface area contributed by atoms with E-state index < -0.39 is 0 Å². The molecule has 5 heteroatoms. The van der Waals surface area contributed by atoms with Gasteiger partial charge in [-0.1, -0.05) is 51.1 Å². The number of carbonyl (C=O) groups excluding carboxylic acids is 1. The number of carbonyl (C=O) groups is 1. The third-order valence-electron chi connectivity index (χ3n) is 4.40. The summed E-state index contributed by atoms with van der Waals surface area (Å²) in [5.74, 6) is 1.43. The van der Waals surface area contributed by atoms with Gasteiger partial charge in [-0.15, -0.1) is 0 Å². The molecule has 1 N–H and O–H groups in total. The topological polar surface area (TPSA) is 56.8 Å². The summed E-state index contributed by atoms with van der Waals surface area (Å²) < 4.78 is 16.0. The van der Waals surface area contributed by atoms with Crippen molar-refractivity contribution < 1.29 is 19.0 Å². The lowest BCUT2D eigenvalue weighted by Crippen LogP contribution is -2.35. The molecule has 0 saturated carbocycles. The first-order valence-corrected chi connectivity index (χ1v) is 9.13. The van der Waals surface area contributed by atoms with Crippen molar-refractivity contribution in [3.63, 3.8) is 0 Å². The molecular weight excluding hydrogens is 354 g/mol. The van der Waals surface area contributed by atoms with Crippen LogP contribution in [-0.4, -0.2) is 27.2 Å². The molecule has 0 aliphatic heterocycles. The molecule has 2 aromatic rings. The van der Waals surface area contributed by atoms with E-state index >= 15 is 0 Å². The Balaban J connectivity index is 2.23. The standard InChI is InChI=1S/C23H29NO4/c1-23(2,3)22(17-10-8-7-9-11-17)24-20(25)13-12-16-14-18(26-4)21(28-6)19(15-16)27-5/h7-15,22H,1-6H3,(H,24,25)/b13-12+. The molecule has 28 heavy (non-hydrogen) atoms. The number of ether oxygens (including phenoxy) is 3. The molecule has 0 heterocycles. The Morgan fingerprint density at radius 1 is 0.964 bits per heavy atom. The Morgan fingerprint density at radius 3 is 2.00 bits per heavy atom. The van der Waals surface area contributed by atoms with Gasteiger partial charge in [0.25, 0.3) is 0 Å². The fourth-order valence-electron chi connectivity index (χ4n) is 3.01. The van der Waals surface area contributed by atoms with Crippen LogP contribution in [-0.2, 0) is 4.79 Å². The molecule has 2 rings (SSSR count). The minimum absolute atomic E-state index is 0.106. The average Bonchev–Trinajstić information content (AvgIpc) is 2.69. The third kappa shape index (κ3) is 5.28. The SMILES string of the molecule is COc1cc(/C=C/C(=O)NC(c2ccccc2)C(C)(C)C)cc(OC)c1OC. The van der Waals surface area contributed by atoms with Crippen LogP contribution in [0.5, 0.6) is 17.2 Å². The van der Waals surface area contributed by atoms with Gasteiger partial charge in [-0.2, -0.15) is 0 Å². The predicted octanol–water partition coefficient (Wildman–Crippen LogP) is 4.63. The first-order valence-electron chi connectivity index (χ1n) is 9.13. The summed E-state index contributed by atoms with van der Waals surface area (Å²) in [7, 11) is 4.68. The van der Waals surface area contributed by atoms with Crippen LogP contribution in [0.2, 0.25) is 0 Å². The quantitative estimate of drug-likeness (QED) is 0.708. The highest BCUT2D eigenvalue weighted by Gasteiger charge is 2.27. The van der Waals surface area contributed by atoms with Crippen LogP contribution in [0.25, 0.3) is 6.08 Å². The van der Waals surface area contributed by atoms with Gasteiger partial charge in [-0.25, -0.2) is 0 Å². The third-order valence-corrected chi connectivity index (χ3v) is 4.40. The number of methoxy groups -OCH3 is 3. The van der Waals surface area contributed by atoms with Gasteiger partial charge in [0.1, 0.15) is 0 Å². The molecule has 0 aliphatic rings. The largest absolute Gasteiger partial charge is 0.493 e. The Morgan fingerprint density at radius 2 is 1.54 bits per heavy atom. The van der Waals surface area contributed by atoms with Crippen molar-refractivity contribution in [1.29, 1.82) is 0 Å². The van der Waals surface area contributed by atoms with E-state index in [0.29, 0.717) is 17.2 Å². The molecule has 1 unspecified atom stereocenters. The van der Waals surface area contributed by atoms with Crippen LogP contribution in [0.4, 0.5) is 0 Å². The molecule has 5 nitrogen and oxygen atoms in total. The zero-order valence-electron chi connectivity index (χ0n) is 17.4. The highest BCUT2D eigenvalue weighted by atomic mass is 16.5. The van der Waals surface area contributed by atoms with E-state index in [0.717, 1.165) is 11.1 Å². The maximum absolute atomic E-state index is 12.6. The second kappa shape index (κ2) is 9.31. The summed E-state index contributed by atoms with van der Waals surface area (Å²) in [5.41, 5.74) is 1.72. The predicted molar refractivity (Wildman–Crippen MR) is 112 cm³/mol. The van der Waals surface area contributed by atoms with E-state index in [2.05, 4.69) is 26.1 Å². The van der Waals surface area contributed by atoms with Gasteiger partial charge in [0.2, 0.25) is 11.7 Å². The van der Waals surface area contributed by atoms with Crippen molar-refractivity contribution in [1.82, 2.24) is 5.32 Å². The van der Waals surface area contributed by atoms with E-state index in [-0.39, 0.29) is 17.4 Å². The van der Waals surface area contributed by atoms with Gasteiger partial charge in [0.15, 0.2) is 11.5 Å². The first-order chi connectivity index (χ1) is 13.3. The number of rotatable bonds is 7. The minimum atomic E-state index is -0.169. The Bertz CT molecular complexity index is 797. The van der Waals surface area contributed by atoms with Crippen molar-refractivity contribution >= 4 is 12.0 Å². The number of hydrogen-bond donors (Lipinski definition) is 1. The lowest BCUT2D eigenvalue weighted by Gasteiger charge is -2.31. The minimum Gasteiger partial charge on any atom is -0.493 e. The van der Waals surface area contributed by atoms with Gasteiger partial charge in [0.05, 0.1) is 27.4 Å². The summed E-state index contributed by atoms with van der Waals surface area (Å²) in [6.07, 6.45) is 3.24. The van der Waals surface area contributed by atoms with Crippen LogP contribution in [0, 0.1) is 5.41 Å². The van der Waals surface area contributed by atoms with Crippen molar-refractivity contribution in [2.75, 3.05) is 21.3 Å². The molecule has 0 spiro atoms. The van der Waals surface area contributed by atoms with Gasteiger partial charge >= 0.3 is 0 Å². The van der Waals surface area contributed by atoms with E-state index in [4.69, 9.17) is 14.2 Å². The van der Waals surface area contributed by atoms with Crippen molar-refractivity contribution in [2.45, 2.75) is 26.8 Å². The molecule has 2 aromatic carbocycles. The van der Waals surface area contributed by atoms with Crippen LogP contribution >= 0.6 is 0 Å². The zero-order valence-corrected chi connectivity index (χ0v) is 17.4. The summed E-state index contributed by atoms with van der Waals surface area (Å²) in [4.78, 5) is 12.6. The van der Waals surface area contributed by atoms with E-state index in [9.17, 15) is 4.79 Å². The summed E-state index contributed by atoms with van der Waals surface area (Å²) in [5, 5.41) is 3.11. The fourth-order valence-corrected chi connectivity index (χ4v) is 3.01. The average molecular weight is 383 g/mol. The molecule has 0 fully saturated rings. The zero-order chi connectivity index (χ0) is 20.7. The number of amides is 1. The number of benzene rings is 2. The molecular formula is C23H29NO4. The van der Waals surface area contributed by atoms with E-state index in [1.165, 1.54) is 6.08 Å². The number of hydrogen-bond acceptors (Lipinski definition) is 4. The normalized spacial score (nSPS) is 12.5. The van der Waals surface area contributed by atoms with Crippen molar-refractivity contribution in [3.8, 4) is 17.2 Å². The first kappa shape index (κ1) is 21.4. The summed E-state index contributed by atoms with van der Waals surface area (Å²) in [6, 6.07) is 13.5. The van der Waals surface area contributed by atoms with Crippen molar-refractivity contribution in [3.05, 3.63) is 59.7 Å². The molecule has 0 bridgehead atoms. The highest BCUT2D eigenvalue weighted by Crippen LogP contribution is 2.38. The van der Waals surface area contributed by atoms with Gasteiger partial charge in [-0.3, -0.25) is 4.79 Å². The second-order valence-electron chi connectivity index (χ2n) is 7.51. The van der Waals surface area contributed by atoms with Gasteiger partial charge in [-0.05, 0) is 34.8 Å². The molecule has 1 atom stereocenters. The Hall–Kier alpha value is -2.95. The molecule has 1 amide bonds. The van der Waals surface area contributed by atoms with Crippen LogP contribution in [0.1, 0.15) is 37.9 Å². The molecule has 0 saturated heterocycles. The number of nitrogens with one attached hydrogen (secondary N) is 1. The molecule has 0 aliphatic carbocycles. The van der Waals surface area contributed by atoms with E-state index in [1.54, 1.807) is 39.5 Å². The fraction of sp³-hybridized carbons (Fsp3) is 0.348. The maximum Gasteiger partial charge on any atom is 0.244 e. The summed E-state index contributed by atoms with van der Waals surface area (Å²) >= 11 is 0. The Labute approximate surface area is 167 Å². The molecule has 150 valence electrons. The second-order valence-corrected chi connectivity index (χ2v) is 7.51.